The number of fused-ring (bicyclic) bond motifs is 7. The molecule has 0 atom stereocenters. The third-order valence-electron chi connectivity index (χ3n) is 8.68. The van der Waals surface area contributed by atoms with Gasteiger partial charge in [-0.3, -0.25) is 0 Å². The van der Waals surface area contributed by atoms with Crippen LogP contribution >= 0.6 is 0 Å². The summed E-state index contributed by atoms with van der Waals surface area (Å²) in [6.45, 7) is 0. The number of hydrogen-bond acceptors (Lipinski definition) is 0. The first-order chi connectivity index (χ1) is 20.8. The molecule has 0 aliphatic heterocycles. The van der Waals surface area contributed by atoms with Crippen molar-refractivity contribution in [2.45, 2.75) is 0 Å². The largest absolute Gasteiger partial charge is 0.316 e. The summed E-state index contributed by atoms with van der Waals surface area (Å²) in [6.07, 6.45) is 2.19. The number of hydrogen-bond donors (Lipinski definition) is 0. The third kappa shape index (κ3) is 3.45. The van der Waals surface area contributed by atoms with E-state index in [-0.39, 0.29) is 0 Å². The van der Waals surface area contributed by atoms with Crippen LogP contribution in [-0.2, 0) is 0 Å². The van der Waals surface area contributed by atoms with E-state index in [0.29, 0.717) is 0 Å². The van der Waals surface area contributed by atoms with Crippen molar-refractivity contribution in [1.29, 1.82) is 0 Å². The third-order valence-corrected chi connectivity index (χ3v) is 8.68. The Kier molecular flexibility index (Phi) is 4.93. The maximum atomic E-state index is 2.44. The lowest BCUT2D eigenvalue weighted by Gasteiger charge is -2.12. The Morgan fingerprint density at radius 1 is 0.357 bits per heavy atom. The van der Waals surface area contributed by atoms with Gasteiger partial charge in [0.05, 0.1) is 16.6 Å². The van der Waals surface area contributed by atoms with Gasteiger partial charge in [-0.2, -0.15) is 0 Å². The standard InChI is InChI=1S/C40H26N2/c1-2-12-33(13-3-1)41-22-21-37-38(41)20-19-36-35-15-6-7-16-39(35)42(40(36)37)34-14-8-11-29(26-34)30-17-18-31-23-27-9-4-5-10-28(27)24-32(31)25-30/h1-26H. The average Bonchev–Trinajstić information content (AvgIpc) is 3.63. The summed E-state index contributed by atoms with van der Waals surface area (Å²) in [7, 11) is 0. The summed E-state index contributed by atoms with van der Waals surface area (Å²) in [5.74, 6) is 0. The molecule has 0 fully saturated rings. The normalized spacial score (nSPS) is 11.8. The molecule has 196 valence electrons. The minimum atomic E-state index is 1.16. The molecule has 0 radical (unpaired) electrons. The molecule has 0 saturated carbocycles. The molecule has 2 heterocycles. The van der Waals surface area contributed by atoms with Gasteiger partial charge in [0.2, 0.25) is 0 Å². The zero-order valence-corrected chi connectivity index (χ0v) is 22.9. The maximum absolute atomic E-state index is 2.44. The molecule has 0 aliphatic rings. The first-order valence-corrected chi connectivity index (χ1v) is 14.4. The van der Waals surface area contributed by atoms with Gasteiger partial charge in [-0.05, 0) is 93.3 Å². The van der Waals surface area contributed by atoms with Crippen molar-refractivity contribution < 1.29 is 0 Å². The Morgan fingerprint density at radius 3 is 1.95 bits per heavy atom. The lowest BCUT2D eigenvalue weighted by Crippen LogP contribution is -1.95. The second kappa shape index (κ2) is 8.95. The highest BCUT2D eigenvalue weighted by Crippen LogP contribution is 2.38. The first kappa shape index (κ1) is 23.1. The highest BCUT2D eigenvalue weighted by Gasteiger charge is 2.17. The van der Waals surface area contributed by atoms with E-state index in [0.717, 1.165) is 5.69 Å². The van der Waals surface area contributed by atoms with Gasteiger partial charge < -0.3 is 9.13 Å². The van der Waals surface area contributed by atoms with Gasteiger partial charge in [-0.15, -0.1) is 0 Å². The Balaban J connectivity index is 1.27. The van der Waals surface area contributed by atoms with Crippen LogP contribution < -0.4 is 0 Å². The van der Waals surface area contributed by atoms with E-state index in [1.165, 1.54) is 71.1 Å². The molecular weight excluding hydrogens is 508 g/mol. The quantitative estimate of drug-likeness (QED) is 0.200. The minimum absolute atomic E-state index is 1.16. The second-order valence-electron chi connectivity index (χ2n) is 11.1. The summed E-state index contributed by atoms with van der Waals surface area (Å²) < 4.78 is 4.73. The van der Waals surface area contributed by atoms with Crippen molar-refractivity contribution in [3.63, 3.8) is 0 Å². The summed E-state index contributed by atoms with van der Waals surface area (Å²) in [5.41, 5.74) is 8.43. The smallest absolute Gasteiger partial charge is 0.0635 e. The van der Waals surface area contributed by atoms with Crippen molar-refractivity contribution in [3.8, 4) is 22.5 Å². The number of para-hydroxylation sites is 2. The molecule has 0 spiro atoms. The molecule has 0 N–H and O–H groups in total. The summed E-state index contributed by atoms with van der Waals surface area (Å²) in [4.78, 5) is 0. The number of aromatic nitrogens is 2. The van der Waals surface area contributed by atoms with Crippen molar-refractivity contribution in [1.82, 2.24) is 9.13 Å². The molecule has 0 amide bonds. The Hall–Kier alpha value is -5.60. The van der Waals surface area contributed by atoms with Crippen molar-refractivity contribution in [3.05, 3.63) is 158 Å². The fourth-order valence-electron chi connectivity index (χ4n) is 6.70. The predicted octanol–water partition coefficient (Wildman–Crippen LogP) is 10.7. The van der Waals surface area contributed by atoms with Gasteiger partial charge in [0.15, 0.2) is 0 Å². The number of benzene rings is 7. The van der Waals surface area contributed by atoms with E-state index in [9.17, 15) is 0 Å². The van der Waals surface area contributed by atoms with E-state index in [1.54, 1.807) is 0 Å². The van der Waals surface area contributed by atoms with Crippen LogP contribution in [0, 0.1) is 0 Å². The molecule has 0 unspecified atom stereocenters. The van der Waals surface area contributed by atoms with E-state index in [4.69, 9.17) is 0 Å². The molecule has 0 bridgehead atoms. The molecule has 7 aromatic carbocycles. The second-order valence-corrected chi connectivity index (χ2v) is 11.1. The summed E-state index contributed by atoms with van der Waals surface area (Å²) >= 11 is 0. The van der Waals surface area contributed by atoms with Crippen LogP contribution in [0.2, 0.25) is 0 Å². The van der Waals surface area contributed by atoms with E-state index in [2.05, 4.69) is 167 Å². The van der Waals surface area contributed by atoms with Gasteiger partial charge in [0.25, 0.3) is 0 Å². The molecule has 2 aromatic heterocycles. The van der Waals surface area contributed by atoms with Crippen molar-refractivity contribution in [2.75, 3.05) is 0 Å². The molecule has 2 heteroatoms. The van der Waals surface area contributed by atoms with Crippen LogP contribution in [0.15, 0.2) is 158 Å². The lowest BCUT2D eigenvalue weighted by molar-refractivity contribution is 1.13. The average molecular weight is 535 g/mol. The fourth-order valence-corrected chi connectivity index (χ4v) is 6.70. The van der Waals surface area contributed by atoms with Crippen LogP contribution in [0.5, 0.6) is 0 Å². The van der Waals surface area contributed by atoms with E-state index >= 15 is 0 Å². The van der Waals surface area contributed by atoms with Gasteiger partial charge >= 0.3 is 0 Å². The van der Waals surface area contributed by atoms with Crippen LogP contribution in [0.1, 0.15) is 0 Å². The van der Waals surface area contributed by atoms with E-state index < -0.39 is 0 Å². The molecular formula is C40H26N2. The molecule has 9 aromatic rings. The van der Waals surface area contributed by atoms with E-state index in [1.807, 2.05) is 0 Å². The molecule has 0 saturated heterocycles. The molecule has 2 nitrogen and oxygen atoms in total. The Bertz CT molecular complexity index is 2460. The minimum Gasteiger partial charge on any atom is -0.316 e. The molecule has 9 rings (SSSR count). The molecule has 0 aliphatic carbocycles. The number of rotatable bonds is 3. The SMILES string of the molecule is c1ccc(-n2ccc3c2ccc2c4ccccc4n(-c4cccc(-c5ccc6cc7ccccc7cc6c5)c4)c23)cc1. The molecule has 42 heavy (non-hydrogen) atoms. The van der Waals surface area contributed by atoms with Crippen LogP contribution in [0.3, 0.4) is 0 Å². The first-order valence-electron chi connectivity index (χ1n) is 14.4. The maximum Gasteiger partial charge on any atom is 0.0635 e. The topological polar surface area (TPSA) is 9.86 Å². The highest BCUT2D eigenvalue weighted by atomic mass is 15.0. The van der Waals surface area contributed by atoms with Crippen LogP contribution in [-0.4, -0.2) is 9.13 Å². The Labute approximate surface area is 243 Å². The van der Waals surface area contributed by atoms with Gasteiger partial charge in [0, 0.05) is 33.7 Å². The predicted molar refractivity (Wildman–Crippen MR) is 178 cm³/mol. The fraction of sp³-hybridized carbons (Fsp3) is 0. The van der Waals surface area contributed by atoms with Gasteiger partial charge in [-0.25, -0.2) is 0 Å². The van der Waals surface area contributed by atoms with Gasteiger partial charge in [-0.1, -0.05) is 91.0 Å². The lowest BCUT2D eigenvalue weighted by atomic mass is 9.98. The van der Waals surface area contributed by atoms with Crippen LogP contribution in [0.4, 0.5) is 0 Å². The monoisotopic (exact) mass is 534 g/mol. The van der Waals surface area contributed by atoms with Crippen molar-refractivity contribution in [2.24, 2.45) is 0 Å². The highest BCUT2D eigenvalue weighted by molar-refractivity contribution is 6.18. The van der Waals surface area contributed by atoms with Crippen LogP contribution in [0.25, 0.3) is 76.8 Å². The van der Waals surface area contributed by atoms with Crippen molar-refractivity contribution >= 4 is 54.3 Å². The summed E-state index contributed by atoms with van der Waals surface area (Å²) in [6, 6.07) is 55.1. The zero-order chi connectivity index (χ0) is 27.6. The summed E-state index contributed by atoms with van der Waals surface area (Å²) in [5, 5.41) is 8.86. The zero-order valence-electron chi connectivity index (χ0n) is 22.9. The van der Waals surface area contributed by atoms with Gasteiger partial charge in [0.1, 0.15) is 0 Å². The number of nitrogens with zero attached hydrogens (tertiary/aromatic N) is 2. The Morgan fingerprint density at radius 2 is 1.07 bits per heavy atom.